The Labute approximate surface area is 78.3 Å². The number of hydrogen-bond donors (Lipinski definition) is 2. The van der Waals surface area contributed by atoms with E-state index in [2.05, 4.69) is 0 Å². The Morgan fingerprint density at radius 2 is 1.33 bits per heavy atom. The van der Waals surface area contributed by atoms with Crippen LogP contribution >= 0.6 is 0 Å². The molecule has 0 spiro atoms. The fraction of sp³-hybridized carbons (Fsp3) is 1.00. The second kappa shape index (κ2) is 4.41. The van der Waals surface area contributed by atoms with Crippen LogP contribution in [0.1, 0.15) is 19.3 Å². The van der Waals surface area contributed by atoms with E-state index in [1.54, 1.807) is 0 Å². The van der Waals surface area contributed by atoms with Crippen LogP contribution in [-0.2, 0) is 24.4 Å². The maximum atomic E-state index is 9.24. The molecule has 0 radical (unpaired) electrons. The van der Waals surface area contributed by atoms with Gasteiger partial charge in [-0.15, -0.1) is 0 Å². The van der Waals surface area contributed by atoms with Crippen LogP contribution in [0.2, 0.25) is 0 Å². The van der Waals surface area contributed by atoms with Gasteiger partial charge < -0.3 is 10.2 Å². The molecule has 0 aromatic rings. The van der Waals surface area contributed by atoms with E-state index in [4.69, 9.17) is 7.08 Å². The summed E-state index contributed by atoms with van der Waals surface area (Å²) < 4.78 is 17.0. The average molecular weight is 350 g/mol. The van der Waals surface area contributed by atoms with Crippen LogP contribution in [0.15, 0.2) is 0 Å². The second-order valence-corrected chi connectivity index (χ2v) is 3.80. The van der Waals surface area contributed by atoms with Gasteiger partial charge in [0.05, 0.1) is 12.2 Å². The normalized spacial score (nSPS) is 43.8. The Kier molecular flexibility index (Phi) is 3.76. The maximum absolute atomic E-state index is 9.24. The molecule has 0 aliphatic heterocycles. The van der Waals surface area contributed by atoms with Crippen molar-refractivity contribution in [3.8, 4) is 0 Å². The molecule has 0 aromatic heterocycles. The van der Waals surface area contributed by atoms with Crippen molar-refractivity contribution in [1.29, 1.82) is 0 Å². The van der Waals surface area contributed by atoms with E-state index in [-0.39, 0.29) is 0 Å². The monoisotopic (exact) mass is 352 g/mol. The predicted octanol–water partition coefficient (Wildman–Crippen LogP) is -0.102. The summed E-state index contributed by atoms with van der Waals surface area (Å²) in [6, 6.07) is 0. The summed E-state index contributed by atoms with van der Waals surface area (Å²) >= 11 is -2.08. The van der Waals surface area contributed by atoms with Crippen molar-refractivity contribution in [3.05, 3.63) is 0 Å². The number of rotatable bonds is 0. The summed E-state index contributed by atoms with van der Waals surface area (Å²) in [6.45, 7) is 0. The quantitative estimate of drug-likeness (QED) is 0.640. The third-order valence-corrected chi connectivity index (χ3v) is 2.83. The third-order valence-electron chi connectivity index (χ3n) is 2.83. The van der Waals surface area contributed by atoms with Crippen LogP contribution in [0.4, 0.5) is 0 Å². The van der Waals surface area contributed by atoms with Crippen molar-refractivity contribution in [3.63, 3.8) is 0 Å². The topological polar surface area (TPSA) is 74.6 Å². The summed E-state index contributed by atoms with van der Waals surface area (Å²) in [5.41, 5.74) is 0. The molecule has 12 heavy (non-hydrogen) atoms. The minimum atomic E-state index is -2.08. The first kappa shape index (κ1) is 10.2. The molecule has 0 saturated heterocycles. The van der Waals surface area contributed by atoms with Crippen molar-refractivity contribution in [2.24, 2.45) is 11.8 Å². The summed E-state index contributed by atoms with van der Waals surface area (Å²) in [5.74, 6) is 0.843. The Bertz CT molecular complexity index is 172. The number of aliphatic hydroxyl groups excluding tert-OH is 2. The summed E-state index contributed by atoms with van der Waals surface area (Å²) in [5, 5.41) is 18.5. The van der Waals surface area contributed by atoms with Crippen LogP contribution in [0.5, 0.6) is 0 Å². The first-order valence-electron chi connectivity index (χ1n) is 3.94. The van der Waals surface area contributed by atoms with Gasteiger partial charge in [0.1, 0.15) is 0 Å². The Morgan fingerprint density at radius 1 is 1.00 bits per heavy atom. The Balaban J connectivity index is 0.000000213. The molecule has 2 fully saturated rings. The van der Waals surface area contributed by atoms with Crippen LogP contribution in [0.3, 0.4) is 0 Å². The molecule has 4 atom stereocenters. The predicted molar refractivity (Wildman–Crippen MR) is 34.2 cm³/mol. The van der Waals surface area contributed by atoms with E-state index in [1.165, 1.54) is 0 Å². The standard InChI is InChI=1S/C7H12O2.2O.Os/c8-6-4-1-2-5(3-4)7(6)9;;;/h4-9H,1-3H2;;;. The van der Waals surface area contributed by atoms with Crippen molar-refractivity contribution in [2.45, 2.75) is 31.5 Å². The van der Waals surface area contributed by atoms with Crippen molar-refractivity contribution in [2.75, 3.05) is 0 Å². The van der Waals surface area contributed by atoms with E-state index in [9.17, 15) is 10.2 Å². The van der Waals surface area contributed by atoms with E-state index < -0.39 is 29.5 Å². The molecule has 4 unspecified atom stereocenters. The first-order chi connectivity index (χ1) is 5.70. The molecule has 2 bridgehead atoms. The minimum absolute atomic E-state index is 0.399. The number of hydrogen-bond acceptors (Lipinski definition) is 4. The van der Waals surface area contributed by atoms with E-state index in [0.717, 1.165) is 19.3 Å². The van der Waals surface area contributed by atoms with Gasteiger partial charge >= 0.3 is 24.4 Å². The van der Waals surface area contributed by atoms with Crippen LogP contribution < -0.4 is 0 Å². The number of fused-ring (bicyclic) bond motifs is 2. The second-order valence-electron chi connectivity index (χ2n) is 3.37. The van der Waals surface area contributed by atoms with Crippen LogP contribution in [-0.4, -0.2) is 22.4 Å². The summed E-state index contributed by atoms with van der Waals surface area (Å²) in [7, 11) is 0. The molecule has 0 amide bonds. The van der Waals surface area contributed by atoms with Gasteiger partial charge in [0.2, 0.25) is 0 Å². The molecule has 72 valence electrons. The van der Waals surface area contributed by atoms with Crippen LogP contribution in [0.25, 0.3) is 0 Å². The van der Waals surface area contributed by atoms with E-state index in [1.807, 2.05) is 0 Å². The molecule has 0 heterocycles. The zero-order chi connectivity index (χ0) is 9.14. The Hall–Kier alpha value is 0.156. The summed E-state index contributed by atoms with van der Waals surface area (Å²) in [4.78, 5) is 0. The molecule has 5 heteroatoms. The molecule has 2 aliphatic carbocycles. The van der Waals surface area contributed by atoms with Gasteiger partial charge in [-0.25, -0.2) is 0 Å². The van der Waals surface area contributed by atoms with Gasteiger partial charge in [-0.3, -0.25) is 0 Å². The molecular weight excluding hydrogens is 338 g/mol. The molecule has 4 nitrogen and oxygen atoms in total. The molecule has 2 saturated carbocycles. The van der Waals surface area contributed by atoms with E-state index in [0.29, 0.717) is 11.8 Å². The van der Waals surface area contributed by atoms with Crippen molar-refractivity contribution >= 4 is 0 Å². The molecular formula is C7H12O4Os. The van der Waals surface area contributed by atoms with Gasteiger partial charge in [0.25, 0.3) is 0 Å². The fourth-order valence-corrected chi connectivity index (χ4v) is 2.23. The molecule has 0 aromatic carbocycles. The van der Waals surface area contributed by atoms with Gasteiger partial charge in [-0.05, 0) is 31.1 Å². The van der Waals surface area contributed by atoms with Gasteiger partial charge in [0.15, 0.2) is 0 Å². The van der Waals surface area contributed by atoms with E-state index >= 15 is 0 Å². The molecule has 2 aliphatic rings. The van der Waals surface area contributed by atoms with Crippen molar-refractivity contribution < 1.29 is 34.6 Å². The third kappa shape index (κ3) is 1.90. The van der Waals surface area contributed by atoms with Gasteiger partial charge in [-0.2, -0.15) is 0 Å². The number of aliphatic hydroxyl groups is 2. The summed E-state index contributed by atoms with van der Waals surface area (Å²) in [6.07, 6.45) is 2.51. The van der Waals surface area contributed by atoms with Gasteiger partial charge in [-0.1, -0.05) is 0 Å². The SMILES string of the molecule is OC1C2CCC(C2)C1O.[O]=[Os]=[O]. The molecule has 2 rings (SSSR count). The first-order valence-corrected chi connectivity index (χ1v) is 6.01. The fourth-order valence-electron chi connectivity index (χ4n) is 2.23. The Morgan fingerprint density at radius 3 is 1.50 bits per heavy atom. The average Bonchev–Trinajstić information content (AvgIpc) is 2.58. The zero-order valence-electron chi connectivity index (χ0n) is 6.50. The zero-order valence-corrected chi connectivity index (χ0v) is 9.04. The van der Waals surface area contributed by atoms with Crippen LogP contribution in [0, 0.1) is 11.8 Å². The molecule has 2 N–H and O–H groups in total. The van der Waals surface area contributed by atoms with Gasteiger partial charge in [0, 0.05) is 0 Å². The van der Waals surface area contributed by atoms with Crippen molar-refractivity contribution in [1.82, 2.24) is 0 Å².